The SMILES string of the molecule is O=C(CCc1nc2ccccc2[nH]1)Nc1cccc(CS(=O)C2CCOCC2)c1. The van der Waals surface area contributed by atoms with E-state index in [0.29, 0.717) is 31.8 Å². The van der Waals surface area contributed by atoms with Crippen molar-refractivity contribution in [3.8, 4) is 0 Å². The summed E-state index contributed by atoms with van der Waals surface area (Å²) in [5, 5.41) is 3.14. The molecule has 2 N–H and O–H groups in total. The molecule has 0 radical (unpaired) electrons. The Bertz CT molecular complexity index is 978. The first kappa shape index (κ1) is 19.8. The van der Waals surface area contributed by atoms with Crippen molar-refractivity contribution in [2.75, 3.05) is 18.5 Å². The van der Waals surface area contributed by atoms with Gasteiger partial charge in [0, 0.05) is 53.5 Å². The van der Waals surface area contributed by atoms with Crippen LogP contribution in [-0.4, -0.2) is 38.5 Å². The molecule has 3 aromatic rings. The van der Waals surface area contributed by atoms with Crippen molar-refractivity contribution in [2.45, 2.75) is 36.7 Å². The first-order valence-electron chi connectivity index (χ1n) is 9.95. The number of aromatic amines is 1. The van der Waals surface area contributed by atoms with Crippen molar-refractivity contribution in [2.24, 2.45) is 0 Å². The van der Waals surface area contributed by atoms with E-state index in [9.17, 15) is 9.00 Å². The van der Waals surface area contributed by atoms with Crippen LogP contribution in [0, 0.1) is 0 Å². The Balaban J connectivity index is 1.31. The van der Waals surface area contributed by atoms with Crippen LogP contribution in [0.2, 0.25) is 0 Å². The Morgan fingerprint density at radius 2 is 2.00 bits per heavy atom. The fraction of sp³-hybridized carbons (Fsp3) is 0.364. The molecule has 1 unspecified atom stereocenters. The van der Waals surface area contributed by atoms with Gasteiger partial charge in [-0.05, 0) is 42.7 Å². The van der Waals surface area contributed by atoms with E-state index in [4.69, 9.17) is 4.74 Å². The van der Waals surface area contributed by atoms with E-state index in [1.165, 1.54) is 0 Å². The van der Waals surface area contributed by atoms with Gasteiger partial charge in [0.05, 0.1) is 11.0 Å². The largest absolute Gasteiger partial charge is 0.381 e. The smallest absolute Gasteiger partial charge is 0.224 e. The third-order valence-corrected chi connectivity index (χ3v) is 6.92. The number of nitrogens with one attached hydrogen (secondary N) is 2. The lowest BCUT2D eigenvalue weighted by Gasteiger charge is -2.21. The van der Waals surface area contributed by atoms with Crippen molar-refractivity contribution >= 4 is 33.4 Å². The quantitative estimate of drug-likeness (QED) is 0.623. The average molecular weight is 412 g/mol. The highest BCUT2D eigenvalue weighted by molar-refractivity contribution is 7.84. The molecular weight excluding hydrogens is 386 g/mol. The normalized spacial score (nSPS) is 16.0. The zero-order valence-electron chi connectivity index (χ0n) is 16.2. The fourth-order valence-electron chi connectivity index (χ4n) is 3.54. The topological polar surface area (TPSA) is 84.1 Å². The maximum absolute atomic E-state index is 12.6. The number of nitrogens with zero attached hydrogens (tertiary/aromatic N) is 1. The number of amides is 1. The molecule has 7 heteroatoms. The molecule has 6 nitrogen and oxygen atoms in total. The number of aryl methyl sites for hydroxylation is 1. The number of aromatic nitrogens is 2. The summed E-state index contributed by atoms with van der Waals surface area (Å²) < 4.78 is 17.9. The lowest BCUT2D eigenvalue weighted by molar-refractivity contribution is -0.116. The second-order valence-corrected chi connectivity index (χ2v) is 9.00. The molecule has 1 aliphatic rings. The minimum Gasteiger partial charge on any atom is -0.381 e. The molecule has 0 bridgehead atoms. The number of imidazole rings is 1. The summed E-state index contributed by atoms with van der Waals surface area (Å²) in [7, 11) is -0.920. The summed E-state index contributed by atoms with van der Waals surface area (Å²) in [6.45, 7) is 1.38. The van der Waals surface area contributed by atoms with Crippen molar-refractivity contribution in [3.63, 3.8) is 0 Å². The van der Waals surface area contributed by atoms with Crippen LogP contribution in [0.3, 0.4) is 0 Å². The van der Waals surface area contributed by atoms with Crippen LogP contribution in [-0.2, 0) is 32.5 Å². The van der Waals surface area contributed by atoms with Crippen LogP contribution in [0.15, 0.2) is 48.5 Å². The maximum Gasteiger partial charge on any atom is 0.224 e. The Kier molecular flexibility index (Phi) is 6.36. The van der Waals surface area contributed by atoms with Crippen LogP contribution in [0.25, 0.3) is 11.0 Å². The Morgan fingerprint density at radius 3 is 2.83 bits per heavy atom. The molecule has 152 valence electrons. The van der Waals surface area contributed by atoms with Gasteiger partial charge in [-0.3, -0.25) is 9.00 Å². The van der Waals surface area contributed by atoms with Crippen molar-refractivity contribution in [1.29, 1.82) is 0 Å². The second kappa shape index (κ2) is 9.33. The van der Waals surface area contributed by atoms with E-state index in [2.05, 4.69) is 15.3 Å². The lowest BCUT2D eigenvalue weighted by Crippen LogP contribution is -2.25. The van der Waals surface area contributed by atoms with Gasteiger partial charge in [-0.15, -0.1) is 0 Å². The van der Waals surface area contributed by atoms with Crippen molar-refractivity contribution < 1.29 is 13.7 Å². The molecule has 1 aliphatic heterocycles. The minimum atomic E-state index is -0.920. The lowest BCUT2D eigenvalue weighted by atomic mass is 10.2. The van der Waals surface area contributed by atoms with Gasteiger partial charge in [0.25, 0.3) is 0 Å². The van der Waals surface area contributed by atoms with E-state index < -0.39 is 10.8 Å². The van der Waals surface area contributed by atoms with E-state index >= 15 is 0 Å². The van der Waals surface area contributed by atoms with E-state index in [0.717, 1.165) is 41.0 Å². The second-order valence-electron chi connectivity index (χ2n) is 7.29. The average Bonchev–Trinajstić information content (AvgIpc) is 3.16. The fourth-order valence-corrected chi connectivity index (χ4v) is 5.00. The first-order valence-corrected chi connectivity index (χ1v) is 11.3. The molecule has 4 rings (SSSR count). The van der Waals surface area contributed by atoms with Crippen molar-refractivity contribution in [1.82, 2.24) is 9.97 Å². The molecule has 0 aliphatic carbocycles. The summed E-state index contributed by atoms with van der Waals surface area (Å²) in [5.74, 6) is 1.25. The van der Waals surface area contributed by atoms with Gasteiger partial charge in [0.2, 0.25) is 5.91 Å². The highest BCUT2D eigenvalue weighted by atomic mass is 32.2. The number of benzene rings is 2. The third-order valence-electron chi connectivity index (χ3n) is 5.09. The Morgan fingerprint density at radius 1 is 1.17 bits per heavy atom. The van der Waals surface area contributed by atoms with Crippen LogP contribution < -0.4 is 5.32 Å². The molecule has 1 aromatic heterocycles. The summed E-state index contributed by atoms with van der Waals surface area (Å²) in [6, 6.07) is 15.5. The molecule has 1 saturated heterocycles. The first-order chi connectivity index (χ1) is 14.2. The number of rotatable bonds is 7. The van der Waals surface area contributed by atoms with Gasteiger partial charge >= 0.3 is 0 Å². The van der Waals surface area contributed by atoms with Crippen LogP contribution in [0.4, 0.5) is 5.69 Å². The summed E-state index contributed by atoms with van der Waals surface area (Å²) in [4.78, 5) is 20.1. The minimum absolute atomic E-state index is 0.0619. The van der Waals surface area contributed by atoms with Gasteiger partial charge in [0.1, 0.15) is 5.82 Å². The summed E-state index contributed by atoms with van der Waals surface area (Å²) >= 11 is 0. The molecule has 1 amide bonds. The van der Waals surface area contributed by atoms with Gasteiger partial charge in [0.15, 0.2) is 0 Å². The van der Waals surface area contributed by atoms with Gasteiger partial charge in [-0.2, -0.15) is 0 Å². The number of anilines is 1. The number of hydrogen-bond donors (Lipinski definition) is 2. The molecule has 0 saturated carbocycles. The molecule has 1 atom stereocenters. The molecule has 29 heavy (non-hydrogen) atoms. The van der Waals surface area contributed by atoms with E-state index in [1.807, 2.05) is 48.5 Å². The van der Waals surface area contributed by atoms with Crippen LogP contribution >= 0.6 is 0 Å². The number of H-pyrrole nitrogens is 1. The van der Waals surface area contributed by atoms with Gasteiger partial charge in [-0.1, -0.05) is 24.3 Å². The molecular formula is C22H25N3O3S. The number of fused-ring (bicyclic) bond motifs is 1. The third kappa shape index (κ3) is 5.31. The molecule has 1 fully saturated rings. The van der Waals surface area contributed by atoms with Gasteiger partial charge in [-0.25, -0.2) is 4.98 Å². The Labute approximate surface area is 172 Å². The van der Waals surface area contributed by atoms with Crippen LogP contribution in [0.5, 0.6) is 0 Å². The summed E-state index contributed by atoms with van der Waals surface area (Å²) in [6.07, 6.45) is 2.60. The predicted octanol–water partition coefficient (Wildman–Crippen LogP) is 3.56. The highest BCUT2D eigenvalue weighted by Gasteiger charge is 2.20. The standard InChI is InChI=1S/C22H25N3O3S/c26-22(9-8-21-24-19-6-1-2-7-20(19)25-21)23-17-5-3-4-16(14-17)15-29(27)18-10-12-28-13-11-18/h1-7,14,18H,8-13,15H2,(H,23,26)(H,24,25). The van der Waals surface area contributed by atoms with Crippen LogP contribution in [0.1, 0.15) is 30.7 Å². The Hall–Kier alpha value is -2.51. The van der Waals surface area contributed by atoms with Crippen molar-refractivity contribution in [3.05, 3.63) is 59.9 Å². The van der Waals surface area contributed by atoms with Gasteiger partial charge < -0.3 is 15.0 Å². The predicted molar refractivity (Wildman–Crippen MR) is 115 cm³/mol. The van der Waals surface area contributed by atoms with E-state index in [-0.39, 0.29) is 11.2 Å². The van der Waals surface area contributed by atoms with E-state index in [1.54, 1.807) is 0 Å². The molecule has 2 aromatic carbocycles. The number of para-hydroxylation sites is 2. The number of carbonyl (C=O) groups excluding carboxylic acids is 1. The number of carbonyl (C=O) groups is 1. The molecule has 0 spiro atoms. The monoisotopic (exact) mass is 411 g/mol. The highest BCUT2D eigenvalue weighted by Crippen LogP contribution is 2.19. The molecule has 2 heterocycles. The zero-order chi connectivity index (χ0) is 20.1. The summed E-state index contributed by atoms with van der Waals surface area (Å²) in [5.41, 5.74) is 3.60. The number of ether oxygens (including phenoxy) is 1. The maximum atomic E-state index is 12.6. The zero-order valence-corrected chi connectivity index (χ0v) is 17.0. The number of hydrogen-bond acceptors (Lipinski definition) is 4.